The van der Waals surface area contributed by atoms with Crippen molar-refractivity contribution in [3.05, 3.63) is 68.9 Å². The molecule has 0 spiro atoms. The van der Waals surface area contributed by atoms with Crippen LogP contribution in [-0.4, -0.2) is 5.88 Å². The molecule has 2 aromatic carbocycles. The third kappa shape index (κ3) is 3.95. The molecular weight excluding hydrogens is 350 g/mol. The van der Waals surface area contributed by atoms with Gasteiger partial charge in [0.15, 0.2) is 0 Å². The van der Waals surface area contributed by atoms with Gasteiger partial charge in [-0.3, -0.25) is 0 Å². The SMILES string of the molecule is Fc1ccc(CC(CCl)c2ccc(Br)cc2)c(Cl)c1. The molecule has 1 unspecified atom stereocenters. The Morgan fingerprint density at radius 1 is 1.11 bits per heavy atom. The van der Waals surface area contributed by atoms with E-state index in [4.69, 9.17) is 23.2 Å². The molecule has 4 heteroatoms. The lowest BCUT2D eigenvalue weighted by molar-refractivity contribution is 0.626. The monoisotopic (exact) mass is 360 g/mol. The van der Waals surface area contributed by atoms with E-state index >= 15 is 0 Å². The fourth-order valence-electron chi connectivity index (χ4n) is 1.95. The number of alkyl halides is 1. The van der Waals surface area contributed by atoms with Crippen molar-refractivity contribution >= 4 is 39.1 Å². The van der Waals surface area contributed by atoms with Crippen molar-refractivity contribution in [1.29, 1.82) is 0 Å². The first-order valence-electron chi connectivity index (χ1n) is 5.85. The number of rotatable bonds is 4. The van der Waals surface area contributed by atoms with E-state index in [1.54, 1.807) is 6.07 Å². The van der Waals surface area contributed by atoms with Crippen LogP contribution in [-0.2, 0) is 6.42 Å². The maximum atomic E-state index is 13.0. The van der Waals surface area contributed by atoms with Crippen molar-refractivity contribution in [2.24, 2.45) is 0 Å². The molecule has 0 aliphatic heterocycles. The van der Waals surface area contributed by atoms with Gasteiger partial charge >= 0.3 is 0 Å². The molecule has 0 saturated heterocycles. The van der Waals surface area contributed by atoms with Crippen LogP contribution >= 0.6 is 39.1 Å². The van der Waals surface area contributed by atoms with Crippen molar-refractivity contribution in [2.75, 3.05) is 5.88 Å². The molecule has 0 bridgehead atoms. The van der Waals surface area contributed by atoms with Gasteiger partial charge in [-0.2, -0.15) is 0 Å². The van der Waals surface area contributed by atoms with Crippen molar-refractivity contribution in [3.8, 4) is 0 Å². The van der Waals surface area contributed by atoms with E-state index in [-0.39, 0.29) is 11.7 Å². The molecule has 0 heterocycles. The smallest absolute Gasteiger partial charge is 0.124 e. The van der Waals surface area contributed by atoms with Crippen molar-refractivity contribution < 1.29 is 4.39 Å². The lowest BCUT2D eigenvalue weighted by Crippen LogP contribution is -2.05. The summed E-state index contributed by atoms with van der Waals surface area (Å²) < 4.78 is 14.1. The maximum absolute atomic E-state index is 13.0. The summed E-state index contributed by atoms with van der Waals surface area (Å²) in [6, 6.07) is 12.5. The van der Waals surface area contributed by atoms with Crippen LogP contribution in [0.15, 0.2) is 46.9 Å². The van der Waals surface area contributed by atoms with Crippen LogP contribution < -0.4 is 0 Å². The van der Waals surface area contributed by atoms with Gasteiger partial charge < -0.3 is 0 Å². The first kappa shape index (κ1) is 14.8. The predicted octanol–water partition coefficient (Wildman–Crippen LogP) is 5.81. The zero-order chi connectivity index (χ0) is 13.8. The van der Waals surface area contributed by atoms with Gasteiger partial charge in [0.05, 0.1) is 0 Å². The molecule has 1 atom stereocenters. The minimum atomic E-state index is -0.320. The molecule has 0 N–H and O–H groups in total. The van der Waals surface area contributed by atoms with Crippen LogP contribution in [0.2, 0.25) is 5.02 Å². The second-order valence-corrected chi connectivity index (χ2v) is 5.97. The molecule has 2 rings (SSSR count). The van der Waals surface area contributed by atoms with Gasteiger partial charge in [0.25, 0.3) is 0 Å². The first-order valence-corrected chi connectivity index (χ1v) is 7.56. The number of hydrogen-bond donors (Lipinski definition) is 0. The topological polar surface area (TPSA) is 0 Å². The molecule has 0 aromatic heterocycles. The summed E-state index contributed by atoms with van der Waals surface area (Å²) in [5.41, 5.74) is 2.07. The highest BCUT2D eigenvalue weighted by Crippen LogP contribution is 2.27. The largest absolute Gasteiger partial charge is 0.207 e. The van der Waals surface area contributed by atoms with Crippen molar-refractivity contribution in [1.82, 2.24) is 0 Å². The van der Waals surface area contributed by atoms with Crippen LogP contribution in [0.4, 0.5) is 4.39 Å². The molecule has 0 nitrogen and oxygen atoms in total. The molecule has 0 amide bonds. The predicted molar refractivity (Wildman–Crippen MR) is 82.7 cm³/mol. The Hall–Kier alpha value is -0.570. The summed E-state index contributed by atoms with van der Waals surface area (Å²) in [6.07, 6.45) is 0.699. The van der Waals surface area contributed by atoms with E-state index in [1.165, 1.54) is 12.1 Å². The quantitative estimate of drug-likeness (QED) is 0.603. The Balaban J connectivity index is 2.21. The van der Waals surface area contributed by atoms with Gasteiger partial charge in [0, 0.05) is 21.3 Å². The van der Waals surface area contributed by atoms with Crippen molar-refractivity contribution in [3.63, 3.8) is 0 Å². The summed E-state index contributed by atoms with van der Waals surface area (Å²) in [5, 5.41) is 0.451. The maximum Gasteiger partial charge on any atom is 0.124 e. The number of halogens is 4. The standard InChI is InChI=1S/C15H12BrCl2F/c16-13-4-1-10(2-5-13)12(9-17)7-11-3-6-14(19)8-15(11)18/h1-6,8,12H,7,9H2. The number of hydrogen-bond acceptors (Lipinski definition) is 0. The van der Waals surface area contributed by atoms with Gasteiger partial charge in [-0.05, 0) is 41.8 Å². The van der Waals surface area contributed by atoms with E-state index in [2.05, 4.69) is 15.9 Å². The van der Waals surface area contributed by atoms with E-state index in [1.807, 2.05) is 24.3 Å². The van der Waals surface area contributed by atoms with Crippen LogP contribution in [0.5, 0.6) is 0 Å². The van der Waals surface area contributed by atoms with Crippen LogP contribution in [0.25, 0.3) is 0 Å². The molecule has 19 heavy (non-hydrogen) atoms. The Morgan fingerprint density at radius 2 is 1.79 bits per heavy atom. The average molecular weight is 362 g/mol. The first-order chi connectivity index (χ1) is 9.10. The molecule has 0 saturated carbocycles. The zero-order valence-electron chi connectivity index (χ0n) is 10.0. The molecule has 100 valence electrons. The normalized spacial score (nSPS) is 12.4. The van der Waals surface area contributed by atoms with Crippen LogP contribution in [0.3, 0.4) is 0 Å². The molecule has 0 fully saturated rings. The number of benzene rings is 2. The molecule has 0 aliphatic carbocycles. The van der Waals surface area contributed by atoms with Crippen LogP contribution in [0, 0.1) is 5.82 Å². The van der Waals surface area contributed by atoms with E-state index in [9.17, 15) is 4.39 Å². The highest BCUT2D eigenvalue weighted by molar-refractivity contribution is 9.10. The van der Waals surface area contributed by atoms with Gasteiger partial charge in [0.2, 0.25) is 0 Å². The summed E-state index contributed by atoms with van der Waals surface area (Å²) >= 11 is 15.5. The Morgan fingerprint density at radius 3 is 2.37 bits per heavy atom. The Bertz CT molecular complexity index is 555. The second kappa shape index (κ2) is 6.74. The van der Waals surface area contributed by atoms with Crippen LogP contribution in [0.1, 0.15) is 17.0 Å². The lowest BCUT2D eigenvalue weighted by Gasteiger charge is -2.15. The summed E-state index contributed by atoms with van der Waals surface area (Å²) in [7, 11) is 0. The highest BCUT2D eigenvalue weighted by atomic mass is 79.9. The van der Waals surface area contributed by atoms with Gasteiger partial charge in [-0.15, -0.1) is 11.6 Å². The van der Waals surface area contributed by atoms with E-state index in [0.717, 1.165) is 15.6 Å². The Kier molecular flexibility index (Phi) is 5.26. The minimum absolute atomic E-state index is 0.165. The summed E-state index contributed by atoms with van der Waals surface area (Å²) in [5.74, 6) is 0.340. The van der Waals surface area contributed by atoms with Gasteiger partial charge in [-0.25, -0.2) is 4.39 Å². The molecular formula is C15H12BrCl2F. The van der Waals surface area contributed by atoms with E-state index in [0.29, 0.717) is 17.3 Å². The van der Waals surface area contributed by atoms with Gasteiger partial charge in [-0.1, -0.05) is 45.7 Å². The third-order valence-electron chi connectivity index (χ3n) is 3.01. The average Bonchev–Trinajstić information content (AvgIpc) is 2.39. The molecule has 0 radical (unpaired) electrons. The lowest BCUT2D eigenvalue weighted by atomic mass is 9.93. The third-order valence-corrected chi connectivity index (χ3v) is 4.26. The second-order valence-electron chi connectivity index (χ2n) is 4.34. The fourth-order valence-corrected chi connectivity index (χ4v) is 2.75. The van der Waals surface area contributed by atoms with Gasteiger partial charge in [0.1, 0.15) is 5.82 Å². The minimum Gasteiger partial charge on any atom is -0.207 e. The van der Waals surface area contributed by atoms with Crippen molar-refractivity contribution in [2.45, 2.75) is 12.3 Å². The zero-order valence-corrected chi connectivity index (χ0v) is 13.1. The Labute approximate surface area is 130 Å². The summed E-state index contributed by atoms with van der Waals surface area (Å²) in [4.78, 5) is 0. The summed E-state index contributed by atoms with van der Waals surface area (Å²) in [6.45, 7) is 0. The fraction of sp³-hybridized carbons (Fsp3) is 0.200. The van der Waals surface area contributed by atoms with E-state index < -0.39 is 0 Å². The molecule has 2 aromatic rings. The molecule has 0 aliphatic rings. The highest BCUT2D eigenvalue weighted by Gasteiger charge is 2.13.